The first-order valence-corrected chi connectivity index (χ1v) is 17.1. The van der Waals surface area contributed by atoms with Gasteiger partial charge in [-0.25, -0.2) is 0 Å². The lowest BCUT2D eigenvalue weighted by atomic mass is 9.81. The van der Waals surface area contributed by atoms with Crippen LogP contribution in [0, 0.1) is 0 Å². The molecule has 0 N–H and O–H groups in total. The zero-order valence-electron chi connectivity index (χ0n) is 27.4. The van der Waals surface area contributed by atoms with Crippen molar-refractivity contribution in [2.24, 2.45) is 0 Å². The molecule has 0 aliphatic heterocycles. The molecule has 0 saturated heterocycles. The molecule has 0 heterocycles. The number of anilines is 2. The van der Waals surface area contributed by atoms with Gasteiger partial charge in [-0.15, -0.1) is 0 Å². The summed E-state index contributed by atoms with van der Waals surface area (Å²) >= 11 is 0. The molecular formula is C47H37N. The van der Waals surface area contributed by atoms with Gasteiger partial charge >= 0.3 is 0 Å². The third-order valence-electron chi connectivity index (χ3n) is 10.5. The Hall–Kier alpha value is -5.66. The second kappa shape index (κ2) is 11.2. The highest BCUT2D eigenvalue weighted by atomic mass is 15.1. The van der Waals surface area contributed by atoms with E-state index in [4.69, 9.17) is 0 Å². The summed E-state index contributed by atoms with van der Waals surface area (Å²) in [5.74, 6) is 0. The van der Waals surface area contributed by atoms with E-state index in [0.717, 1.165) is 12.8 Å². The Balaban J connectivity index is 1.13. The Labute approximate surface area is 283 Å². The minimum Gasteiger partial charge on any atom is -0.314 e. The van der Waals surface area contributed by atoms with Crippen LogP contribution in [0.4, 0.5) is 11.4 Å². The number of rotatable bonds is 5. The van der Waals surface area contributed by atoms with Gasteiger partial charge in [0.05, 0.1) is 5.69 Å². The maximum atomic E-state index is 2.49. The van der Waals surface area contributed by atoms with Gasteiger partial charge in [-0.1, -0.05) is 141 Å². The van der Waals surface area contributed by atoms with Crippen LogP contribution < -0.4 is 4.90 Å². The minimum absolute atomic E-state index is 0.0171. The average Bonchev–Trinajstić information content (AvgIpc) is 3.37. The summed E-state index contributed by atoms with van der Waals surface area (Å²) < 4.78 is 0. The Kier molecular flexibility index (Phi) is 6.69. The molecule has 0 fully saturated rings. The first-order valence-electron chi connectivity index (χ1n) is 17.1. The molecule has 7 aromatic carbocycles. The molecule has 0 spiro atoms. The van der Waals surface area contributed by atoms with Crippen molar-refractivity contribution in [2.75, 3.05) is 4.90 Å². The van der Waals surface area contributed by atoms with Crippen molar-refractivity contribution in [1.29, 1.82) is 0 Å². The summed E-state index contributed by atoms with van der Waals surface area (Å²) in [5.41, 5.74) is 14.3. The summed E-state index contributed by atoms with van der Waals surface area (Å²) in [5, 5.41) is 5.06. The van der Waals surface area contributed by atoms with E-state index in [1.165, 1.54) is 83.1 Å². The van der Waals surface area contributed by atoms with Gasteiger partial charge in [0.25, 0.3) is 0 Å². The van der Waals surface area contributed by atoms with Crippen molar-refractivity contribution in [1.82, 2.24) is 0 Å². The molecule has 2 aliphatic carbocycles. The average molecular weight is 616 g/mol. The summed E-state index contributed by atoms with van der Waals surface area (Å²) in [6, 6.07) is 56.0. The third-order valence-corrected chi connectivity index (χ3v) is 10.5. The Bertz CT molecular complexity index is 2420. The second-order valence-electron chi connectivity index (χ2n) is 13.7. The predicted octanol–water partition coefficient (Wildman–Crippen LogP) is 12.9. The van der Waals surface area contributed by atoms with E-state index in [1.54, 1.807) is 0 Å². The van der Waals surface area contributed by atoms with Crippen LogP contribution >= 0.6 is 0 Å². The molecule has 0 saturated carbocycles. The molecular weight excluding hydrogens is 579 g/mol. The van der Waals surface area contributed by atoms with Crippen molar-refractivity contribution in [2.45, 2.75) is 32.1 Å². The van der Waals surface area contributed by atoms with Crippen LogP contribution in [0.15, 0.2) is 170 Å². The van der Waals surface area contributed by atoms with E-state index in [-0.39, 0.29) is 5.41 Å². The molecule has 230 valence electrons. The number of hydrogen-bond donors (Lipinski definition) is 0. The maximum Gasteiger partial charge on any atom is 0.0536 e. The zero-order valence-corrected chi connectivity index (χ0v) is 27.4. The molecule has 0 bridgehead atoms. The zero-order chi connectivity index (χ0) is 32.2. The van der Waals surface area contributed by atoms with Crippen LogP contribution in [0.3, 0.4) is 0 Å². The number of nitrogens with zero attached hydrogens (tertiary/aromatic N) is 1. The van der Waals surface area contributed by atoms with E-state index in [0.29, 0.717) is 0 Å². The summed E-state index contributed by atoms with van der Waals surface area (Å²) in [4.78, 5) is 2.49. The van der Waals surface area contributed by atoms with Gasteiger partial charge in [0, 0.05) is 22.2 Å². The third kappa shape index (κ3) is 4.69. The maximum absolute atomic E-state index is 2.49. The topological polar surface area (TPSA) is 3.24 Å². The molecule has 0 amide bonds. The highest BCUT2D eigenvalue weighted by molar-refractivity contribution is 5.98. The lowest BCUT2D eigenvalue weighted by Crippen LogP contribution is -2.18. The van der Waals surface area contributed by atoms with E-state index >= 15 is 0 Å². The van der Waals surface area contributed by atoms with Gasteiger partial charge in [-0.05, 0) is 110 Å². The fraction of sp³-hybridized carbons (Fsp3) is 0.106. The van der Waals surface area contributed by atoms with Crippen molar-refractivity contribution < 1.29 is 0 Å². The van der Waals surface area contributed by atoms with Crippen LogP contribution in [0.1, 0.15) is 43.4 Å². The van der Waals surface area contributed by atoms with Gasteiger partial charge in [0.1, 0.15) is 0 Å². The van der Waals surface area contributed by atoms with Crippen molar-refractivity contribution in [3.05, 3.63) is 186 Å². The highest BCUT2D eigenvalue weighted by Gasteiger charge is 2.35. The van der Waals surface area contributed by atoms with Crippen LogP contribution in [0.25, 0.3) is 49.4 Å². The van der Waals surface area contributed by atoms with Gasteiger partial charge in [-0.3, -0.25) is 0 Å². The smallest absolute Gasteiger partial charge is 0.0536 e. The minimum atomic E-state index is -0.0171. The van der Waals surface area contributed by atoms with E-state index in [1.807, 2.05) is 0 Å². The van der Waals surface area contributed by atoms with E-state index in [2.05, 4.69) is 183 Å². The lowest BCUT2D eigenvalue weighted by Gasteiger charge is -2.31. The largest absolute Gasteiger partial charge is 0.314 e. The molecule has 0 atom stereocenters. The van der Waals surface area contributed by atoms with Gasteiger partial charge in [0.2, 0.25) is 0 Å². The summed E-state index contributed by atoms with van der Waals surface area (Å²) in [7, 11) is 0. The number of hydrogen-bond acceptors (Lipinski definition) is 1. The standard InChI is InChI=1S/C47H37N/c1-47(2)44-19-8-7-18-42(44)43-28-25-38(31-45(43)47)33-23-26-39(27-24-33)48(46-20-10-14-34-12-5-6-17-41(34)46)40-16-9-15-36(30-40)37-22-21-32-11-3-4-13-35(32)29-37/h3-8,10-15,17-31H,9,16H2,1-2H3. The first kappa shape index (κ1) is 28.6. The van der Waals surface area contributed by atoms with Gasteiger partial charge in [0.15, 0.2) is 0 Å². The Morgan fingerprint density at radius 3 is 2.08 bits per heavy atom. The van der Waals surface area contributed by atoms with Crippen molar-refractivity contribution in [3.63, 3.8) is 0 Å². The van der Waals surface area contributed by atoms with Crippen molar-refractivity contribution >= 4 is 38.5 Å². The monoisotopic (exact) mass is 615 g/mol. The normalized spacial score (nSPS) is 14.7. The number of fused-ring (bicyclic) bond motifs is 5. The number of benzene rings is 7. The molecule has 0 radical (unpaired) electrons. The van der Waals surface area contributed by atoms with E-state index < -0.39 is 0 Å². The van der Waals surface area contributed by atoms with E-state index in [9.17, 15) is 0 Å². The Morgan fingerprint density at radius 2 is 1.21 bits per heavy atom. The van der Waals surface area contributed by atoms with Crippen LogP contribution in [-0.2, 0) is 5.41 Å². The quantitative estimate of drug-likeness (QED) is 0.186. The molecule has 0 aromatic heterocycles. The van der Waals surface area contributed by atoms with Crippen LogP contribution in [0.2, 0.25) is 0 Å². The van der Waals surface area contributed by atoms with Crippen molar-refractivity contribution in [3.8, 4) is 22.3 Å². The number of allylic oxidation sites excluding steroid dienone is 4. The first-order chi connectivity index (χ1) is 23.5. The van der Waals surface area contributed by atoms with Crippen LogP contribution in [-0.4, -0.2) is 0 Å². The predicted molar refractivity (Wildman–Crippen MR) is 205 cm³/mol. The Morgan fingerprint density at radius 1 is 0.521 bits per heavy atom. The highest BCUT2D eigenvalue weighted by Crippen LogP contribution is 2.49. The van der Waals surface area contributed by atoms with Gasteiger partial charge < -0.3 is 4.90 Å². The SMILES string of the molecule is CC1(C)c2ccccc2-c2ccc(-c3ccc(N(C4=CC(c5ccc6ccccc6c5)=CCC4)c4cccc5ccccc45)cc3)cc21. The fourth-order valence-corrected chi connectivity index (χ4v) is 7.98. The summed E-state index contributed by atoms with van der Waals surface area (Å²) in [6.45, 7) is 4.70. The molecule has 7 aromatic rings. The lowest BCUT2D eigenvalue weighted by molar-refractivity contribution is 0.660. The van der Waals surface area contributed by atoms with Gasteiger partial charge in [-0.2, -0.15) is 0 Å². The second-order valence-corrected chi connectivity index (χ2v) is 13.7. The molecule has 48 heavy (non-hydrogen) atoms. The van der Waals surface area contributed by atoms with Crippen LogP contribution in [0.5, 0.6) is 0 Å². The fourth-order valence-electron chi connectivity index (χ4n) is 7.98. The molecule has 1 heteroatoms. The molecule has 0 unspecified atom stereocenters. The molecule has 1 nitrogen and oxygen atoms in total. The molecule has 9 rings (SSSR count). The summed E-state index contributed by atoms with van der Waals surface area (Å²) in [6.07, 6.45) is 6.78. The molecule has 2 aliphatic rings.